The molecule has 6 rings (SSSR count). The van der Waals surface area contributed by atoms with E-state index in [4.69, 9.17) is 9.72 Å². The van der Waals surface area contributed by atoms with Crippen LogP contribution in [0.15, 0.2) is 66.9 Å². The van der Waals surface area contributed by atoms with E-state index in [9.17, 15) is 0 Å². The van der Waals surface area contributed by atoms with Crippen molar-refractivity contribution >= 4 is 32.3 Å². The highest BCUT2D eigenvalue weighted by atomic mass is 16.5. The summed E-state index contributed by atoms with van der Waals surface area (Å²) in [7, 11) is 0. The number of hydrogen-bond donors (Lipinski definition) is 0. The van der Waals surface area contributed by atoms with Gasteiger partial charge >= 0.3 is 0 Å². The van der Waals surface area contributed by atoms with E-state index in [2.05, 4.69) is 88.4 Å². The predicted octanol–water partition coefficient (Wildman–Crippen LogP) is 8.21. The van der Waals surface area contributed by atoms with Crippen molar-refractivity contribution in [3.05, 3.63) is 78.0 Å². The third-order valence-corrected chi connectivity index (χ3v) is 6.37. The van der Waals surface area contributed by atoms with Gasteiger partial charge in [0.15, 0.2) is 0 Å². The number of aryl methyl sites for hydroxylation is 1. The minimum Gasteiger partial charge on any atom is -0.456 e. The lowest BCUT2D eigenvalue weighted by Gasteiger charge is -2.25. The third kappa shape index (κ3) is 2.75. The van der Waals surface area contributed by atoms with Crippen LogP contribution >= 0.6 is 0 Å². The molecule has 0 bridgehead atoms. The van der Waals surface area contributed by atoms with Gasteiger partial charge in [-0.1, -0.05) is 63.2 Å². The van der Waals surface area contributed by atoms with E-state index in [0.717, 1.165) is 34.6 Å². The van der Waals surface area contributed by atoms with Gasteiger partial charge in [0.05, 0.1) is 11.1 Å². The highest BCUT2D eigenvalue weighted by molar-refractivity contribution is 6.17. The first-order valence-corrected chi connectivity index (χ1v) is 10.9. The molecule has 0 spiro atoms. The van der Waals surface area contributed by atoms with Gasteiger partial charge in [0.1, 0.15) is 11.5 Å². The maximum Gasteiger partial charge on any atom is 0.140 e. The molecule has 0 radical (unpaired) electrons. The van der Waals surface area contributed by atoms with E-state index in [0.29, 0.717) is 0 Å². The van der Waals surface area contributed by atoms with Crippen LogP contribution < -0.4 is 4.74 Å². The van der Waals surface area contributed by atoms with Gasteiger partial charge < -0.3 is 4.74 Å². The normalized spacial score (nSPS) is 12.9. The molecule has 2 heterocycles. The van der Waals surface area contributed by atoms with Crippen molar-refractivity contribution in [1.29, 1.82) is 0 Å². The smallest absolute Gasteiger partial charge is 0.140 e. The third-order valence-electron chi connectivity index (χ3n) is 6.37. The monoisotopic (exact) mass is 403 g/mol. The molecule has 152 valence electrons. The van der Waals surface area contributed by atoms with Crippen LogP contribution in [-0.2, 0) is 6.42 Å². The van der Waals surface area contributed by atoms with Gasteiger partial charge in [0.25, 0.3) is 0 Å². The van der Waals surface area contributed by atoms with Gasteiger partial charge in [-0.05, 0) is 69.5 Å². The van der Waals surface area contributed by atoms with Gasteiger partial charge in [-0.3, -0.25) is 4.98 Å². The van der Waals surface area contributed by atoms with Crippen LogP contribution in [-0.4, -0.2) is 4.98 Å². The molecule has 0 unspecified atom stereocenters. The zero-order chi connectivity index (χ0) is 21.3. The molecule has 1 aromatic heterocycles. The van der Waals surface area contributed by atoms with Crippen molar-refractivity contribution in [2.45, 2.75) is 34.1 Å². The SMILES string of the molecule is Cc1c2c(cc3ccccc13)-c1nccc3c1c(cc1cccc(CC(C)(C)C)c13)O2. The first kappa shape index (κ1) is 18.4. The molecule has 31 heavy (non-hydrogen) atoms. The Kier molecular flexibility index (Phi) is 3.74. The summed E-state index contributed by atoms with van der Waals surface area (Å²) in [6.07, 6.45) is 2.98. The summed E-state index contributed by atoms with van der Waals surface area (Å²) in [6, 6.07) is 21.7. The number of pyridine rings is 1. The van der Waals surface area contributed by atoms with Gasteiger partial charge in [-0.25, -0.2) is 0 Å². The highest BCUT2D eigenvalue weighted by Gasteiger charge is 2.26. The molecular formula is C29H25NO. The zero-order valence-electron chi connectivity index (χ0n) is 18.4. The van der Waals surface area contributed by atoms with Crippen molar-refractivity contribution in [3.8, 4) is 22.8 Å². The summed E-state index contributed by atoms with van der Waals surface area (Å²) >= 11 is 0. The molecule has 0 atom stereocenters. The maximum absolute atomic E-state index is 6.60. The molecule has 0 saturated carbocycles. The Morgan fingerprint density at radius 2 is 1.65 bits per heavy atom. The van der Waals surface area contributed by atoms with Crippen LogP contribution in [0.1, 0.15) is 31.9 Å². The average molecular weight is 404 g/mol. The molecule has 0 amide bonds. The molecular weight excluding hydrogens is 378 g/mol. The fraction of sp³-hybridized carbons (Fsp3) is 0.207. The molecule has 0 N–H and O–H groups in total. The summed E-state index contributed by atoms with van der Waals surface area (Å²) in [5.41, 5.74) is 4.87. The van der Waals surface area contributed by atoms with Gasteiger partial charge in [0.2, 0.25) is 0 Å². The van der Waals surface area contributed by atoms with Crippen molar-refractivity contribution in [1.82, 2.24) is 4.98 Å². The lowest BCUT2D eigenvalue weighted by molar-refractivity contribution is 0.413. The molecule has 1 aliphatic rings. The Labute approximate surface area is 182 Å². The van der Waals surface area contributed by atoms with Crippen molar-refractivity contribution in [2.75, 3.05) is 0 Å². The fourth-order valence-corrected chi connectivity index (χ4v) is 5.13. The van der Waals surface area contributed by atoms with E-state index < -0.39 is 0 Å². The second-order valence-corrected chi connectivity index (χ2v) is 9.91. The molecule has 4 aromatic carbocycles. The second-order valence-electron chi connectivity index (χ2n) is 9.91. The first-order valence-electron chi connectivity index (χ1n) is 10.9. The van der Waals surface area contributed by atoms with Crippen LogP contribution in [0.4, 0.5) is 0 Å². The zero-order valence-corrected chi connectivity index (χ0v) is 18.4. The van der Waals surface area contributed by atoms with Gasteiger partial charge in [-0.15, -0.1) is 0 Å². The lowest BCUT2D eigenvalue weighted by atomic mass is 9.84. The number of fused-ring (bicyclic) bond motifs is 5. The van der Waals surface area contributed by atoms with Gasteiger partial charge in [-0.2, -0.15) is 0 Å². The minimum absolute atomic E-state index is 0.214. The maximum atomic E-state index is 6.60. The first-order chi connectivity index (χ1) is 14.9. The van der Waals surface area contributed by atoms with Crippen LogP contribution in [0.3, 0.4) is 0 Å². The number of nitrogens with zero attached hydrogens (tertiary/aromatic N) is 1. The molecule has 2 heteroatoms. The van der Waals surface area contributed by atoms with E-state index in [-0.39, 0.29) is 5.41 Å². The van der Waals surface area contributed by atoms with Gasteiger partial charge in [0, 0.05) is 17.3 Å². The number of benzene rings is 4. The van der Waals surface area contributed by atoms with Crippen LogP contribution in [0, 0.1) is 12.3 Å². The topological polar surface area (TPSA) is 22.1 Å². The molecule has 0 fully saturated rings. The highest BCUT2D eigenvalue weighted by Crippen LogP contribution is 2.50. The summed E-state index contributed by atoms with van der Waals surface area (Å²) in [6.45, 7) is 9.04. The standard InChI is InChI=1S/C29H25NO/c1-17-21-11-6-5-8-18(21)14-23-27-26-22(12-13-30-27)25-19(15-24(26)31-28(17)23)9-7-10-20(25)16-29(2,3)4/h5-15H,16H2,1-4H3. The predicted molar refractivity (Wildman–Crippen MR) is 130 cm³/mol. The van der Waals surface area contributed by atoms with Crippen molar-refractivity contribution < 1.29 is 4.74 Å². The Balaban J connectivity index is 1.73. The lowest BCUT2D eigenvalue weighted by Crippen LogP contribution is -2.09. The Hall–Kier alpha value is -3.39. The van der Waals surface area contributed by atoms with Crippen molar-refractivity contribution in [2.24, 2.45) is 5.41 Å². The number of hydrogen-bond acceptors (Lipinski definition) is 2. The minimum atomic E-state index is 0.214. The average Bonchev–Trinajstić information content (AvgIpc) is 2.74. The number of rotatable bonds is 1. The molecule has 2 nitrogen and oxygen atoms in total. The number of aromatic nitrogens is 1. The molecule has 0 aliphatic carbocycles. The van der Waals surface area contributed by atoms with Crippen LogP contribution in [0.5, 0.6) is 11.5 Å². The van der Waals surface area contributed by atoms with Crippen LogP contribution in [0.2, 0.25) is 0 Å². The summed E-state index contributed by atoms with van der Waals surface area (Å²) in [4.78, 5) is 4.86. The fourth-order valence-electron chi connectivity index (χ4n) is 5.13. The van der Waals surface area contributed by atoms with E-state index in [1.807, 2.05) is 6.20 Å². The number of ether oxygens (including phenoxy) is 1. The van der Waals surface area contributed by atoms with Crippen molar-refractivity contribution in [3.63, 3.8) is 0 Å². The van der Waals surface area contributed by atoms with E-state index >= 15 is 0 Å². The van der Waals surface area contributed by atoms with E-state index in [1.54, 1.807) is 0 Å². The summed E-state index contributed by atoms with van der Waals surface area (Å²) < 4.78 is 6.60. The Bertz CT molecular complexity index is 1520. The quantitative estimate of drug-likeness (QED) is 0.258. The molecule has 0 saturated heterocycles. The molecule has 1 aliphatic heterocycles. The Morgan fingerprint density at radius 1 is 0.839 bits per heavy atom. The molecule has 5 aromatic rings. The largest absolute Gasteiger partial charge is 0.456 e. The van der Waals surface area contributed by atoms with E-state index in [1.165, 1.54) is 38.1 Å². The summed E-state index contributed by atoms with van der Waals surface area (Å²) in [5, 5.41) is 7.35. The summed E-state index contributed by atoms with van der Waals surface area (Å²) in [5.74, 6) is 1.83. The van der Waals surface area contributed by atoms with Crippen LogP contribution in [0.25, 0.3) is 43.6 Å². The second kappa shape index (κ2) is 6.31. The Morgan fingerprint density at radius 3 is 2.48 bits per heavy atom.